The summed E-state index contributed by atoms with van der Waals surface area (Å²) in [5.41, 5.74) is 0. The van der Waals surface area contributed by atoms with Crippen molar-refractivity contribution in [3.05, 3.63) is 12.2 Å². The van der Waals surface area contributed by atoms with Crippen LogP contribution in [0.3, 0.4) is 0 Å². The Hall–Kier alpha value is -0.880. The van der Waals surface area contributed by atoms with Crippen LogP contribution in [0.5, 0.6) is 0 Å². The summed E-state index contributed by atoms with van der Waals surface area (Å²) in [5, 5.41) is 1.25. The van der Waals surface area contributed by atoms with E-state index in [1.165, 1.54) is 5.06 Å². The molecule has 0 N–H and O–H groups in total. The largest absolute Gasteiger partial charge is 0.273 e. The van der Waals surface area contributed by atoms with Crippen LogP contribution in [0.15, 0.2) is 12.2 Å². The fourth-order valence-electron chi connectivity index (χ4n) is 2.46. The van der Waals surface area contributed by atoms with Crippen molar-refractivity contribution in [3.63, 3.8) is 0 Å². The zero-order chi connectivity index (χ0) is 13.7. The minimum absolute atomic E-state index is 0.00410. The lowest BCUT2D eigenvalue weighted by Gasteiger charge is -2.21. The Balaban J connectivity index is 1.85. The number of hydrogen-bond donors (Lipinski definition) is 0. The van der Waals surface area contributed by atoms with Crippen molar-refractivity contribution in [1.29, 1.82) is 0 Å². The fraction of sp³-hybridized carbons (Fsp3) is 0.769. The van der Waals surface area contributed by atoms with Gasteiger partial charge in [0.15, 0.2) is 9.84 Å². The second kappa shape index (κ2) is 6.52. The van der Waals surface area contributed by atoms with Gasteiger partial charge in [0.2, 0.25) is 5.91 Å². The van der Waals surface area contributed by atoms with Crippen molar-refractivity contribution in [1.82, 2.24) is 5.06 Å². The highest BCUT2D eigenvalue weighted by Gasteiger charge is 2.25. The van der Waals surface area contributed by atoms with Crippen molar-refractivity contribution in [2.24, 2.45) is 5.92 Å². The lowest BCUT2D eigenvalue weighted by atomic mass is 9.96. The predicted octanol–water partition coefficient (Wildman–Crippen LogP) is 1.31. The maximum absolute atomic E-state index is 12.1. The molecule has 1 aliphatic heterocycles. The van der Waals surface area contributed by atoms with E-state index in [0.717, 1.165) is 25.7 Å². The summed E-state index contributed by atoms with van der Waals surface area (Å²) in [6.45, 7) is 0.242. The third-order valence-electron chi connectivity index (χ3n) is 3.64. The van der Waals surface area contributed by atoms with E-state index in [4.69, 9.17) is 4.84 Å². The Labute approximate surface area is 114 Å². The third kappa shape index (κ3) is 4.62. The Kier molecular flexibility index (Phi) is 4.99. The number of amides is 1. The van der Waals surface area contributed by atoms with Crippen LogP contribution >= 0.6 is 0 Å². The molecule has 0 spiro atoms. The molecule has 19 heavy (non-hydrogen) atoms. The molecule has 1 aliphatic carbocycles. The number of carbonyl (C=O) groups excluding carboxylic acids is 1. The monoisotopic (exact) mass is 287 g/mol. The van der Waals surface area contributed by atoms with E-state index in [2.05, 4.69) is 12.2 Å². The summed E-state index contributed by atoms with van der Waals surface area (Å²) in [6, 6.07) is 0. The van der Waals surface area contributed by atoms with Crippen LogP contribution in [0.2, 0.25) is 0 Å². The van der Waals surface area contributed by atoms with Crippen LogP contribution in [0.25, 0.3) is 0 Å². The number of hydroxylamine groups is 2. The first-order valence-corrected chi connectivity index (χ1v) is 8.68. The third-order valence-corrected chi connectivity index (χ3v) is 5.23. The van der Waals surface area contributed by atoms with Crippen LogP contribution in [-0.2, 0) is 19.5 Å². The smallest absolute Gasteiger partial charge is 0.246 e. The van der Waals surface area contributed by atoms with Crippen LogP contribution in [0, 0.1) is 5.92 Å². The van der Waals surface area contributed by atoms with Gasteiger partial charge in [-0.05, 0) is 31.6 Å². The maximum Gasteiger partial charge on any atom is 0.246 e. The molecular weight excluding hydrogens is 266 g/mol. The highest BCUT2D eigenvalue weighted by molar-refractivity contribution is 7.91. The molecule has 0 aromatic carbocycles. The lowest BCUT2D eigenvalue weighted by molar-refractivity contribution is -0.183. The molecular formula is C13H21NO4S. The lowest BCUT2D eigenvalue weighted by Crippen LogP contribution is -2.34. The fourth-order valence-corrected chi connectivity index (χ4v) is 3.43. The van der Waals surface area contributed by atoms with Crippen molar-refractivity contribution in [2.75, 3.05) is 24.7 Å². The molecule has 108 valence electrons. The number of allylic oxidation sites excluding steroid dienone is 2. The molecule has 5 nitrogen and oxygen atoms in total. The van der Waals surface area contributed by atoms with E-state index in [1.807, 2.05) is 0 Å². The van der Waals surface area contributed by atoms with Crippen molar-refractivity contribution in [2.45, 2.75) is 32.1 Å². The Bertz CT molecular complexity index is 434. The maximum atomic E-state index is 12.1. The first kappa shape index (κ1) is 14.5. The van der Waals surface area contributed by atoms with Gasteiger partial charge in [-0.1, -0.05) is 12.2 Å². The van der Waals surface area contributed by atoms with Gasteiger partial charge in [-0.25, -0.2) is 13.5 Å². The number of nitrogens with zero attached hydrogens (tertiary/aromatic N) is 1. The minimum Gasteiger partial charge on any atom is -0.273 e. The molecule has 2 rings (SSSR count). The van der Waals surface area contributed by atoms with Crippen molar-refractivity contribution >= 4 is 15.7 Å². The topological polar surface area (TPSA) is 63.7 Å². The summed E-state index contributed by atoms with van der Waals surface area (Å²) in [6.07, 6.45) is 8.88. The highest BCUT2D eigenvalue weighted by atomic mass is 32.2. The molecule has 2 aliphatic rings. The van der Waals surface area contributed by atoms with Crippen molar-refractivity contribution in [3.8, 4) is 0 Å². The zero-order valence-corrected chi connectivity index (χ0v) is 11.9. The molecule has 1 heterocycles. The Morgan fingerprint density at radius 2 is 1.89 bits per heavy atom. The predicted molar refractivity (Wildman–Crippen MR) is 72.0 cm³/mol. The first-order chi connectivity index (χ1) is 9.07. The van der Waals surface area contributed by atoms with Crippen LogP contribution in [0.4, 0.5) is 0 Å². The summed E-state index contributed by atoms with van der Waals surface area (Å²) in [5.74, 6) is 0.310. The van der Waals surface area contributed by atoms with Crippen LogP contribution < -0.4 is 0 Å². The van der Waals surface area contributed by atoms with Gasteiger partial charge < -0.3 is 0 Å². The Morgan fingerprint density at radius 1 is 1.21 bits per heavy atom. The second-order valence-corrected chi connectivity index (χ2v) is 7.48. The van der Waals surface area contributed by atoms with E-state index in [0.29, 0.717) is 12.3 Å². The van der Waals surface area contributed by atoms with E-state index < -0.39 is 9.84 Å². The van der Waals surface area contributed by atoms with Gasteiger partial charge in [-0.3, -0.25) is 9.63 Å². The molecule has 0 unspecified atom stereocenters. The molecule has 1 saturated heterocycles. The van der Waals surface area contributed by atoms with Gasteiger partial charge in [0.05, 0.1) is 24.7 Å². The summed E-state index contributed by atoms with van der Waals surface area (Å²) in [7, 11) is -3.05. The van der Waals surface area contributed by atoms with Crippen LogP contribution in [-0.4, -0.2) is 44.0 Å². The van der Waals surface area contributed by atoms with E-state index in [9.17, 15) is 13.2 Å². The van der Waals surface area contributed by atoms with Crippen molar-refractivity contribution < 1.29 is 18.0 Å². The molecule has 1 amide bonds. The average Bonchev–Trinajstić information content (AvgIpc) is 2.69. The number of carbonyl (C=O) groups is 1. The van der Waals surface area contributed by atoms with E-state index in [-0.39, 0.29) is 30.6 Å². The van der Waals surface area contributed by atoms with E-state index in [1.54, 1.807) is 0 Å². The van der Waals surface area contributed by atoms with E-state index >= 15 is 0 Å². The van der Waals surface area contributed by atoms with Gasteiger partial charge in [0.25, 0.3) is 0 Å². The average molecular weight is 287 g/mol. The molecule has 0 aromatic heterocycles. The van der Waals surface area contributed by atoms with Gasteiger partial charge in [-0.15, -0.1) is 0 Å². The zero-order valence-electron chi connectivity index (χ0n) is 11.1. The molecule has 0 bridgehead atoms. The normalized spacial score (nSPS) is 24.7. The summed E-state index contributed by atoms with van der Waals surface area (Å²) < 4.78 is 22.9. The second-order valence-electron chi connectivity index (χ2n) is 5.18. The minimum atomic E-state index is -3.05. The van der Waals surface area contributed by atoms with Gasteiger partial charge in [0, 0.05) is 6.42 Å². The summed E-state index contributed by atoms with van der Waals surface area (Å²) >= 11 is 0. The first-order valence-electron chi connectivity index (χ1n) is 6.85. The summed E-state index contributed by atoms with van der Waals surface area (Å²) in [4.78, 5) is 17.4. The molecule has 0 saturated carbocycles. The van der Waals surface area contributed by atoms with Gasteiger partial charge in [0.1, 0.15) is 0 Å². The van der Waals surface area contributed by atoms with Gasteiger partial charge in [-0.2, -0.15) is 0 Å². The molecule has 1 fully saturated rings. The molecule has 0 aromatic rings. The Morgan fingerprint density at radius 3 is 2.58 bits per heavy atom. The number of hydrogen-bond acceptors (Lipinski definition) is 4. The molecule has 6 heteroatoms. The number of sulfone groups is 1. The molecule has 0 atom stereocenters. The highest BCUT2D eigenvalue weighted by Crippen LogP contribution is 2.23. The van der Waals surface area contributed by atoms with Gasteiger partial charge >= 0.3 is 0 Å². The number of rotatable bonds is 2. The SMILES string of the molecule is O=C(CC1CCC=CCC1)N1CCS(=O)(=O)CCO1. The molecule has 0 radical (unpaired) electrons. The standard InChI is InChI=1S/C13H21NO4S/c15-13(11-12-5-3-1-2-4-6-12)14-7-9-19(16,17)10-8-18-14/h1-2,12H,3-11H2. The van der Waals surface area contributed by atoms with Crippen LogP contribution in [0.1, 0.15) is 32.1 Å². The quantitative estimate of drug-likeness (QED) is 0.718.